The third-order valence-electron chi connectivity index (χ3n) is 2.52. The van der Waals surface area contributed by atoms with E-state index >= 15 is 0 Å². The Morgan fingerprint density at radius 2 is 2.12 bits per heavy atom. The molecule has 1 aromatic heterocycles. The van der Waals surface area contributed by atoms with Crippen molar-refractivity contribution in [3.05, 3.63) is 29.6 Å². The monoisotopic (exact) mass is 236 g/mol. The van der Waals surface area contributed by atoms with Crippen LogP contribution in [-0.4, -0.2) is 19.7 Å². The predicted molar refractivity (Wildman–Crippen MR) is 67.0 cm³/mol. The van der Waals surface area contributed by atoms with E-state index in [0.29, 0.717) is 0 Å². The van der Waals surface area contributed by atoms with Crippen LogP contribution in [-0.2, 0) is 17.4 Å². The summed E-state index contributed by atoms with van der Waals surface area (Å²) >= 11 is 0. The summed E-state index contributed by atoms with van der Waals surface area (Å²) in [5.41, 5.74) is 3.09. The number of nitrogens with zero attached hydrogens (tertiary/aromatic N) is 2. The van der Waals surface area contributed by atoms with Gasteiger partial charge in [-0.25, -0.2) is 4.21 Å². The fourth-order valence-corrected chi connectivity index (χ4v) is 2.27. The molecule has 0 aromatic carbocycles. The lowest BCUT2D eigenvalue weighted by molar-refractivity contribution is 0.650. The van der Waals surface area contributed by atoms with Crippen LogP contribution in [0.3, 0.4) is 0 Å². The summed E-state index contributed by atoms with van der Waals surface area (Å²) in [5, 5.41) is 0. The smallest absolute Gasteiger partial charge is 0.145 e. The zero-order valence-corrected chi connectivity index (χ0v) is 10.7. The Morgan fingerprint density at radius 1 is 1.38 bits per heavy atom. The molecule has 0 saturated carbocycles. The van der Waals surface area contributed by atoms with Crippen LogP contribution in [0.2, 0.25) is 0 Å². The first-order valence-electron chi connectivity index (χ1n) is 5.42. The largest absolute Gasteiger partial charge is 0.261 e. The molecule has 0 aliphatic heterocycles. The zero-order valence-electron chi connectivity index (χ0n) is 9.86. The minimum Gasteiger partial charge on any atom is -0.261 e. The van der Waals surface area contributed by atoms with E-state index in [1.54, 1.807) is 6.20 Å². The second-order valence-electron chi connectivity index (χ2n) is 4.90. The molecule has 0 N–H and O–H groups in total. The number of aryl methyl sites for hydroxylation is 1. The first-order valence-corrected chi connectivity index (χ1v) is 6.53. The Hall–Kier alpha value is -1.03. The summed E-state index contributed by atoms with van der Waals surface area (Å²) in [7, 11) is -1.17. The molecule has 0 saturated heterocycles. The second kappa shape index (κ2) is 4.09. The van der Waals surface area contributed by atoms with Crippen molar-refractivity contribution in [2.45, 2.75) is 38.4 Å². The number of hydrogen-bond donors (Lipinski definition) is 0. The van der Waals surface area contributed by atoms with Crippen LogP contribution in [0.15, 0.2) is 22.7 Å². The molecule has 16 heavy (non-hydrogen) atoms. The van der Waals surface area contributed by atoms with E-state index < -0.39 is 11.0 Å². The van der Waals surface area contributed by atoms with Gasteiger partial charge >= 0.3 is 0 Å². The van der Waals surface area contributed by atoms with Crippen LogP contribution >= 0.6 is 0 Å². The highest BCUT2D eigenvalue weighted by Crippen LogP contribution is 2.22. The van der Waals surface area contributed by atoms with Gasteiger partial charge in [-0.3, -0.25) is 4.98 Å². The van der Waals surface area contributed by atoms with E-state index in [1.165, 1.54) is 0 Å². The first kappa shape index (κ1) is 11.5. The summed E-state index contributed by atoms with van der Waals surface area (Å²) < 4.78 is 16.0. The maximum atomic E-state index is 11.9. The van der Waals surface area contributed by atoms with Gasteiger partial charge in [0, 0.05) is 17.5 Å². The van der Waals surface area contributed by atoms with E-state index in [9.17, 15) is 4.21 Å². The van der Waals surface area contributed by atoms with E-state index in [1.807, 2.05) is 32.9 Å². The number of pyridine rings is 1. The summed E-state index contributed by atoms with van der Waals surface area (Å²) in [4.78, 5) is 4.30. The molecule has 1 aliphatic carbocycles. The van der Waals surface area contributed by atoms with Gasteiger partial charge in [-0.05, 0) is 45.7 Å². The summed E-state index contributed by atoms with van der Waals surface area (Å²) in [5.74, 6) is 0. The van der Waals surface area contributed by atoms with Gasteiger partial charge in [0.25, 0.3) is 0 Å². The van der Waals surface area contributed by atoms with E-state index in [2.05, 4.69) is 9.38 Å². The molecule has 0 fully saturated rings. The minimum absolute atomic E-state index is 0.294. The number of hydrogen-bond acceptors (Lipinski definition) is 2. The normalized spacial score (nSPS) is 19.8. The molecule has 1 aliphatic rings. The molecule has 1 aromatic rings. The van der Waals surface area contributed by atoms with Crippen molar-refractivity contribution >= 4 is 16.7 Å². The Kier molecular flexibility index (Phi) is 2.93. The van der Waals surface area contributed by atoms with Crippen LogP contribution in [0.5, 0.6) is 0 Å². The number of rotatable bonds is 1. The van der Waals surface area contributed by atoms with Crippen molar-refractivity contribution in [2.75, 3.05) is 0 Å². The standard InChI is InChI=1S/C12H16N2OS/c1-12(2,3)16(15)14-11-7-6-10-9(11)5-4-8-13-10/h4-5,8H,6-7H2,1-3H3/b14-11-/t16-/m0/s1. The van der Waals surface area contributed by atoms with Gasteiger partial charge in [-0.2, -0.15) is 4.40 Å². The molecular weight excluding hydrogens is 220 g/mol. The molecule has 4 heteroatoms. The molecule has 0 spiro atoms. The SMILES string of the molecule is CC(C)(C)[S@](=O)/N=C1/CCc2ncccc21. The van der Waals surface area contributed by atoms with Crippen molar-refractivity contribution in [3.63, 3.8) is 0 Å². The second-order valence-corrected chi connectivity index (χ2v) is 6.80. The molecule has 3 nitrogen and oxygen atoms in total. The average Bonchev–Trinajstić information content (AvgIpc) is 2.61. The van der Waals surface area contributed by atoms with Gasteiger partial charge in [0.05, 0.1) is 10.5 Å². The van der Waals surface area contributed by atoms with Gasteiger partial charge < -0.3 is 0 Å². The van der Waals surface area contributed by atoms with Crippen molar-refractivity contribution in [1.82, 2.24) is 4.98 Å². The van der Waals surface area contributed by atoms with E-state index in [0.717, 1.165) is 29.8 Å². The van der Waals surface area contributed by atoms with Gasteiger partial charge in [0.1, 0.15) is 11.0 Å². The highest BCUT2D eigenvalue weighted by molar-refractivity contribution is 7.85. The van der Waals surface area contributed by atoms with Gasteiger partial charge in [0.15, 0.2) is 0 Å². The van der Waals surface area contributed by atoms with Crippen molar-refractivity contribution < 1.29 is 4.21 Å². The minimum atomic E-state index is -1.17. The molecule has 1 atom stereocenters. The highest BCUT2D eigenvalue weighted by Gasteiger charge is 2.23. The van der Waals surface area contributed by atoms with Crippen LogP contribution in [0.25, 0.3) is 0 Å². The molecule has 0 radical (unpaired) electrons. The van der Waals surface area contributed by atoms with E-state index in [4.69, 9.17) is 0 Å². The Labute approximate surface area is 98.6 Å². The third-order valence-corrected chi connectivity index (χ3v) is 3.95. The Bertz CT molecular complexity index is 460. The van der Waals surface area contributed by atoms with Crippen LogP contribution in [0, 0.1) is 0 Å². The lowest BCUT2D eigenvalue weighted by Gasteiger charge is -2.13. The molecule has 0 unspecified atom stereocenters. The van der Waals surface area contributed by atoms with Crippen LogP contribution in [0.4, 0.5) is 0 Å². The predicted octanol–water partition coefficient (Wildman–Crippen LogP) is 2.28. The average molecular weight is 236 g/mol. The zero-order chi connectivity index (χ0) is 11.8. The van der Waals surface area contributed by atoms with Gasteiger partial charge in [0.2, 0.25) is 0 Å². The first-order chi connectivity index (χ1) is 7.48. The van der Waals surface area contributed by atoms with Crippen molar-refractivity contribution in [1.29, 1.82) is 0 Å². The molecule has 1 heterocycles. The fraction of sp³-hybridized carbons (Fsp3) is 0.500. The topological polar surface area (TPSA) is 42.3 Å². The molecule has 2 rings (SSSR count). The molecule has 0 amide bonds. The van der Waals surface area contributed by atoms with Crippen LogP contribution < -0.4 is 0 Å². The number of aromatic nitrogens is 1. The quantitative estimate of drug-likeness (QED) is 0.750. The van der Waals surface area contributed by atoms with Gasteiger partial charge in [-0.15, -0.1) is 0 Å². The van der Waals surface area contributed by atoms with Gasteiger partial charge in [-0.1, -0.05) is 0 Å². The molecule has 0 bridgehead atoms. The molecule has 86 valence electrons. The lowest BCUT2D eigenvalue weighted by atomic mass is 10.2. The summed E-state index contributed by atoms with van der Waals surface area (Å²) in [6, 6.07) is 3.91. The van der Waals surface area contributed by atoms with Crippen molar-refractivity contribution in [2.24, 2.45) is 4.40 Å². The molecular formula is C12H16N2OS. The summed E-state index contributed by atoms with van der Waals surface area (Å²) in [6.45, 7) is 5.81. The highest BCUT2D eigenvalue weighted by atomic mass is 32.2. The lowest BCUT2D eigenvalue weighted by Crippen LogP contribution is -2.20. The van der Waals surface area contributed by atoms with Crippen molar-refractivity contribution in [3.8, 4) is 0 Å². The van der Waals surface area contributed by atoms with Crippen LogP contribution in [0.1, 0.15) is 38.4 Å². The maximum Gasteiger partial charge on any atom is 0.145 e. The Balaban J connectivity index is 2.32. The maximum absolute atomic E-state index is 11.9. The Morgan fingerprint density at radius 3 is 2.81 bits per heavy atom. The number of fused-ring (bicyclic) bond motifs is 1. The fourth-order valence-electron chi connectivity index (χ4n) is 1.60. The third kappa shape index (κ3) is 2.21. The summed E-state index contributed by atoms with van der Waals surface area (Å²) in [6.07, 6.45) is 3.56. The van der Waals surface area contributed by atoms with E-state index in [-0.39, 0.29) is 4.75 Å².